The molecule has 6 heteroatoms. The molecule has 0 amide bonds. The van der Waals surface area contributed by atoms with E-state index >= 15 is 0 Å². The lowest BCUT2D eigenvalue weighted by atomic mass is 10.2. The molecule has 1 aromatic carbocycles. The summed E-state index contributed by atoms with van der Waals surface area (Å²) in [7, 11) is 1.64. The van der Waals surface area contributed by atoms with Crippen molar-refractivity contribution in [2.24, 2.45) is 5.73 Å². The van der Waals surface area contributed by atoms with E-state index in [4.69, 9.17) is 27.4 Å². The Morgan fingerprint density at radius 1 is 1.37 bits per heavy atom. The first-order valence-corrected chi connectivity index (χ1v) is 5.98. The van der Waals surface area contributed by atoms with Crippen molar-refractivity contribution in [3.8, 4) is 11.8 Å². The van der Waals surface area contributed by atoms with Crippen molar-refractivity contribution in [2.45, 2.75) is 6.61 Å². The van der Waals surface area contributed by atoms with Gasteiger partial charge < -0.3 is 15.2 Å². The van der Waals surface area contributed by atoms with Gasteiger partial charge in [0.1, 0.15) is 16.4 Å². The van der Waals surface area contributed by atoms with Gasteiger partial charge in [0.2, 0.25) is 0 Å². The van der Waals surface area contributed by atoms with Crippen LogP contribution in [0.2, 0.25) is 0 Å². The smallest absolute Gasteiger partial charge is 0.322 e. The number of hydrogen-bond acceptors (Lipinski definition) is 5. The highest BCUT2D eigenvalue weighted by molar-refractivity contribution is 7.80. The SMILES string of the molecule is COCc1cccc(Oc2nccc(C(N)=S)n2)c1. The largest absolute Gasteiger partial charge is 0.424 e. The molecule has 0 spiro atoms. The Morgan fingerprint density at radius 3 is 2.95 bits per heavy atom. The zero-order valence-corrected chi connectivity index (χ0v) is 11.2. The highest BCUT2D eigenvalue weighted by atomic mass is 32.1. The molecule has 5 nitrogen and oxygen atoms in total. The minimum atomic E-state index is 0.208. The van der Waals surface area contributed by atoms with E-state index in [1.807, 2.05) is 24.3 Å². The maximum absolute atomic E-state index is 5.56. The van der Waals surface area contributed by atoms with Crippen molar-refractivity contribution in [1.82, 2.24) is 9.97 Å². The van der Waals surface area contributed by atoms with Crippen LogP contribution in [0.4, 0.5) is 0 Å². The van der Waals surface area contributed by atoms with Crippen LogP contribution >= 0.6 is 12.2 Å². The average Bonchev–Trinajstić information content (AvgIpc) is 2.40. The van der Waals surface area contributed by atoms with Gasteiger partial charge in [-0.05, 0) is 23.8 Å². The second-order valence-corrected chi connectivity index (χ2v) is 4.21. The number of thiocarbonyl (C=S) groups is 1. The molecule has 19 heavy (non-hydrogen) atoms. The average molecular weight is 275 g/mol. The first kappa shape index (κ1) is 13.4. The van der Waals surface area contributed by atoms with Gasteiger partial charge in [0.15, 0.2) is 0 Å². The monoisotopic (exact) mass is 275 g/mol. The summed E-state index contributed by atoms with van der Waals surface area (Å²) in [5.41, 5.74) is 6.99. The predicted octanol–water partition coefficient (Wildman–Crippen LogP) is 2.05. The normalized spacial score (nSPS) is 10.2. The summed E-state index contributed by atoms with van der Waals surface area (Å²) >= 11 is 4.86. The standard InChI is InChI=1S/C13H13N3O2S/c1-17-8-9-3-2-4-10(7-9)18-13-15-6-5-11(16-13)12(14)19/h2-7H,8H2,1H3,(H2,14,19). The Morgan fingerprint density at radius 2 is 2.21 bits per heavy atom. The van der Waals surface area contributed by atoms with E-state index in [2.05, 4.69) is 9.97 Å². The number of methoxy groups -OCH3 is 1. The number of aromatic nitrogens is 2. The summed E-state index contributed by atoms with van der Waals surface area (Å²) in [6.45, 7) is 0.519. The summed E-state index contributed by atoms with van der Waals surface area (Å²) in [5, 5.41) is 0. The van der Waals surface area contributed by atoms with Gasteiger partial charge in [-0.25, -0.2) is 4.98 Å². The first-order chi connectivity index (χ1) is 9.19. The van der Waals surface area contributed by atoms with Crippen molar-refractivity contribution in [3.63, 3.8) is 0 Å². The lowest BCUT2D eigenvalue weighted by molar-refractivity contribution is 0.184. The molecule has 0 fully saturated rings. The number of nitrogens with zero attached hydrogens (tertiary/aromatic N) is 2. The third kappa shape index (κ3) is 3.70. The minimum absolute atomic E-state index is 0.208. The van der Waals surface area contributed by atoms with E-state index in [9.17, 15) is 0 Å². The maximum Gasteiger partial charge on any atom is 0.322 e. The molecule has 0 bridgehead atoms. The third-order valence-corrected chi connectivity index (χ3v) is 2.51. The Labute approximate surface area is 116 Å². The van der Waals surface area contributed by atoms with Crippen molar-refractivity contribution in [1.29, 1.82) is 0 Å². The van der Waals surface area contributed by atoms with Gasteiger partial charge in [0, 0.05) is 13.3 Å². The molecule has 0 saturated carbocycles. The van der Waals surface area contributed by atoms with E-state index in [0.29, 0.717) is 18.1 Å². The van der Waals surface area contributed by atoms with Crippen molar-refractivity contribution < 1.29 is 9.47 Å². The van der Waals surface area contributed by atoms with Crippen LogP contribution in [0.25, 0.3) is 0 Å². The second kappa shape index (κ2) is 6.21. The van der Waals surface area contributed by atoms with E-state index < -0.39 is 0 Å². The summed E-state index contributed by atoms with van der Waals surface area (Å²) < 4.78 is 10.6. The number of hydrogen-bond donors (Lipinski definition) is 1. The summed E-state index contributed by atoms with van der Waals surface area (Å²) in [4.78, 5) is 8.33. The molecule has 2 aromatic rings. The van der Waals surface area contributed by atoms with Crippen LogP contribution < -0.4 is 10.5 Å². The molecule has 0 saturated heterocycles. The summed E-state index contributed by atoms with van der Waals surface area (Å²) in [6, 6.07) is 9.34. The van der Waals surface area contributed by atoms with Gasteiger partial charge in [-0.1, -0.05) is 24.4 Å². The van der Waals surface area contributed by atoms with E-state index in [-0.39, 0.29) is 11.0 Å². The van der Waals surface area contributed by atoms with Crippen LogP contribution in [0.5, 0.6) is 11.8 Å². The Balaban J connectivity index is 2.18. The van der Waals surface area contributed by atoms with E-state index in [0.717, 1.165) is 5.56 Å². The molecular formula is C13H13N3O2S. The molecule has 98 valence electrons. The Kier molecular flexibility index (Phi) is 4.38. The fourth-order valence-corrected chi connectivity index (χ4v) is 1.61. The molecule has 2 N–H and O–H groups in total. The van der Waals surface area contributed by atoms with Gasteiger partial charge in [0.25, 0.3) is 0 Å². The number of nitrogens with two attached hydrogens (primary N) is 1. The quantitative estimate of drug-likeness (QED) is 0.842. The molecule has 0 radical (unpaired) electrons. The molecule has 2 rings (SSSR count). The molecule has 1 aromatic heterocycles. The Hall–Kier alpha value is -2.05. The molecular weight excluding hydrogens is 262 g/mol. The first-order valence-electron chi connectivity index (χ1n) is 5.57. The second-order valence-electron chi connectivity index (χ2n) is 3.77. The molecule has 0 aliphatic carbocycles. The summed E-state index contributed by atoms with van der Waals surface area (Å²) in [6.07, 6.45) is 1.55. The van der Waals surface area contributed by atoms with Gasteiger partial charge in [-0.3, -0.25) is 0 Å². The van der Waals surface area contributed by atoms with Gasteiger partial charge >= 0.3 is 6.01 Å². The molecule has 0 aliphatic heterocycles. The maximum atomic E-state index is 5.56. The predicted molar refractivity (Wildman–Crippen MR) is 75.1 cm³/mol. The van der Waals surface area contributed by atoms with Crippen LogP contribution in [0, 0.1) is 0 Å². The fourth-order valence-electron chi connectivity index (χ4n) is 1.50. The van der Waals surface area contributed by atoms with Crippen LogP contribution in [0.1, 0.15) is 11.3 Å². The Bertz CT molecular complexity index is 590. The third-order valence-electron chi connectivity index (χ3n) is 2.30. The van der Waals surface area contributed by atoms with Gasteiger partial charge in [-0.15, -0.1) is 0 Å². The number of rotatable bonds is 5. The van der Waals surface area contributed by atoms with Gasteiger partial charge in [0.05, 0.1) is 6.61 Å². The zero-order chi connectivity index (χ0) is 13.7. The zero-order valence-electron chi connectivity index (χ0n) is 10.4. The van der Waals surface area contributed by atoms with Crippen LogP contribution in [-0.4, -0.2) is 22.1 Å². The van der Waals surface area contributed by atoms with E-state index in [1.54, 1.807) is 19.4 Å². The lowest BCUT2D eigenvalue weighted by Crippen LogP contribution is -2.12. The molecule has 0 unspecified atom stereocenters. The molecule has 1 heterocycles. The van der Waals surface area contributed by atoms with Gasteiger partial charge in [-0.2, -0.15) is 4.98 Å². The van der Waals surface area contributed by atoms with Crippen LogP contribution in [0.15, 0.2) is 36.5 Å². The summed E-state index contributed by atoms with van der Waals surface area (Å²) in [5.74, 6) is 0.634. The van der Waals surface area contributed by atoms with Crippen molar-refractivity contribution in [2.75, 3.05) is 7.11 Å². The fraction of sp³-hybridized carbons (Fsp3) is 0.154. The lowest BCUT2D eigenvalue weighted by Gasteiger charge is -2.06. The highest BCUT2D eigenvalue weighted by Gasteiger charge is 2.04. The number of ether oxygens (including phenoxy) is 2. The van der Waals surface area contributed by atoms with E-state index in [1.165, 1.54) is 0 Å². The highest BCUT2D eigenvalue weighted by Crippen LogP contribution is 2.19. The van der Waals surface area contributed by atoms with Crippen LogP contribution in [-0.2, 0) is 11.3 Å². The topological polar surface area (TPSA) is 70.3 Å². The molecule has 0 atom stereocenters. The van der Waals surface area contributed by atoms with Crippen molar-refractivity contribution >= 4 is 17.2 Å². The van der Waals surface area contributed by atoms with Crippen molar-refractivity contribution in [3.05, 3.63) is 47.8 Å². The molecule has 0 aliphatic rings. The number of benzene rings is 1. The minimum Gasteiger partial charge on any atom is -0.424 e. The van der Waals surface area contributed by atoms with Crippen LogP contribution in [0.3, 0.4) is 0 Å².